The molecule has 0 aliphatic carbocycles. The Morgan fingerprint density at radius 2 is 2.25 bits per heavy atom. The van der Waals surface area contributed by atoms with Crippen molar-refractivity contribution in [2.75, 3.05) is 7.11 Å². The molecule has 0 aliphatic rings. The minimum Gasteiger partial charge on any atom is -0.479 e. The van der Waals surface area contributed by atoms with Crippen molar-refractivity contribution in [3.63, 3.8) is 0 Å². The molecular weight excluding hydrogens is 184 g/mol. The minimum absolute atomic E-state index is 0. The molecule has 6 heteroatoms. The Balaban J connectivity index is 0.00000121. The summed E-state index contributed by atoms with van der Waals surface area (Å²) in [5, 5.41) is 3.62. The van der Waals surface area contributed by atoms with E-state index >= 15 is 0 Å². The molecule has 1 rings (SSSR count). The normalized spacial score (nSPS) is 9.25. The molecule has 1 heterocycles. The van der Waals surface area contributed by atoms with E-state index in [4.69, 9.17) is 15.2 Å². The molecule has 0 aliphatic heterocycles. The van der Waals surface area contributed by atoms with Crippen LogP contribution in [-0.2, 0) is 11.4 Å². The van der Waals surface area contributed by atoms with E-state index < -0.39 is 0 Å². The van der Waals surface area contributed by atoms with Crippen LogP contribution in [0.4, 0.5) is 0 Å². The van der Waals surface area contributed by atoms with Crippen LogP contribution in [0.3, 0.4) is 0 Å². The third kappa shape index (κ3) is 2.10. The van der Waals surface area contributed by atoms with Crippen LogP contribution in [0.2, 0.25) is 0 Å². The first kappa shape index (κ1) is 11.2. The second kappa shape index (κ2) is 4.97. The highest BCUT2D eigenvalue weighted by molar-refractivity contribution is 5.85. The van der Waals surface area contributed by atoms with Gasteiger partial charge in [0, 0.05) is 0 Å². The third-order valence-corrected chi connectivity index (χ3v) is 1.37. The van der Waals surface area contributed by atoms with Gasteiger partial charge in [0.15, 0.2) is 0 Å². The van der Waals surface area contributed by atoms with Gasteiger partial charge in [-0.25, -0.2) is 5.90 Å². The van der Waals surface area contributed by atoms with Crippen molar-refractivity contribution in [3.05, 3.63) is 11.3 Å². The summed E-state index contributed by atoms with van der Waals surface area (Å²) in [6.07, 6.45) is 0. The lowest BCUT2D eigenvalue weighted by molar-refractivity contribution is 0.121. The summed E-state index contributed by atoms with van der Waals surface area (Å²) in [5.41, 5.74) is 0.745. The molecule has 0 saturated carbocycles. The van der Waals surface area contributed by atoms with Gasteiger partial charge in [-0.2, -0.15) is 0 Å². The zero-order chi connectivity index (χ0) is 8.27. The fraction of sp³-hybridized carbons (Fsp3) is 0.500. The van der Waals surface area contributed by atoms with E-state index in [9.17, 15) is 0 Å². The van der Waals surface area contributed by atoms with E-state index in [1.54, 1.807) is 6.92 Å². The molecule has 5 nitrogen and oxygen atoms in total. The Morgan fingerprint density at radius 1 is 1.58 bits per heavy atom. The zero-order valence-corrected chi connectivity index (χ0v) is 7.68. The second-order valence-electron chi connectivity index (χ2n) is 2.04. The molecule has 0 atom stereocenters. The largest absolute Gasteiger partial charge is 0.479 e. The summed E-state index contributed by atoms with van der Waals surface area (Å²) < 4.78 is 9.71. The summed E-state index contributed by atoms with van der Waals surface area (Å²) in [6, 6.07) is 0. The molecule has 0 radical (unpaired) electrons. The number of aryl methyl sites for hydroxylation is 1. The highest BCUT2D eigenvalue weighted by atomic mass is 35.5. The lowest BCUT2D eigenvalue weighted by atomic mass is 10.3. The average molecular weight is 195 g/mol. The smallest absolute Gasteiger partial charge is 0.259 e. The molecule has 0 aromatic carbocycles. The topological polar surface area (TPSA) is 70.5 Å². The molecule has 0 unspecified atom stereocenters. The molecule has 70 valence electrons. The van der Waals surface area contributed by atoms with Gasteiger partial charge in [0.05, 0.1) is 12.7 Å². The van der Waals surface area contributed by atoms with Gasteiger partial charge in [0.25, 0.3) is 5.88 Å². The molecule has 0 bridgehead atoms. The average Bonchev–Trinajstić information content (AvgIpc) is 2.34. The fourth-order valence-corrected chi connectivity index (χ4v) is 0.778. The van der Waals surface area contributed by atoms with Crippen LogP contribution in [0.25, 0.3) is 0 Å². The van der Waals surface area contributed by atoms with Crippen molar-refractivity contribution < 1.29 is 14.1 Å². The van der Waals surface area contributed by atoms with Crippen LogP contribution in [0.1, 0.15) is 11.3 Å². The number of aromatic nitrogens is 1. The van der Waals surface area contributed by atoms with Crippen LogP contribution in [-0.4, -0.2) is 12.3 Å². The zero-order valence-electron chi connectivity index (χ0n) is 6.86. The van der Waals surface area contributed by atoms with Gasteiger partial charge in [-0.3, -0.25) is 4.84 Å². The Labute approximate surface area is 76.2 Å². The van der Waals surface area contributed by atoms with Crippen molar-refractivity contribution in [3.8, 4) is 5.88 Å². The number of nitrogens with two attached hydrogens (primary N) is 1. The van der Waals surface area contributed by atoms with E-state index in [0.29, 0.717) is 11.6 Å². The van der Waals surface area contributed by atoms with E-state index in [-0.39, 0.29) is 19.0 Å². The highest BCUT2D eigenvalue weighted by Crippen LogP contribution is 2.20. The number of rotatable bonds is 3. The molecule has 1 aromatic heterocycles. The minimum atomic E-state index is 0. The highest BCUT2D eigenvalue weighted by Gasteiger charge is 2.12. The Kier molecular flexibility index (Phi) is 4.65. The first-order chi connectivity index (χ1) is 5.29. The van der Waals surface area contributed by atoms with E-state index in [1.165, 1.54) is 7.11 Å². The maximum Gasteiger partial charge on any atom is 0.259 e. The van der Waals surface area contributed by atoms with E-state index in [2.05, 4.69) is 9.99 Å². The predicted octanol–water partition coefficient (Wildman–Crippen LogP) is 0.804. The number of hydrogen-bond acceptors (Lipinski definition) is 5. The number of nitrogens with zero attached hydrogens (tertiary/aromatic N) is 1. The van der Waals surface area contributed by atoms with E-state index in [1.807, 2.05) is 0 Å². The molecule has 0 fully saturated rings. The number of hydrogen-bond donors (Lipinski definition) is 1. The lowest BCUT2D eigenvalue weighted by Crippen LogP contribution is -2.00. The quantitative estimate of drug-likeness (QED) is 0.721. The molecule has 2 N–H and O–H groups in total. The second-order valence-corrected chi connectivity index (χ2v) is 2.04. The summed E-state index contributed by atoms with van der Waals surface area (Å²) >= 11 is 0. The van der Waals surface area contributed by atoms with Crippen LogP contribution >= 0.6 is 12.4 Å². The molecule has 1 aromatic rings. The molecule has 12 heavy (non-hydrogen) atoms. The number of methoxy groups -OCH3 is 1. The van der Waals surface area contributed by atoms with Gasteiger partial charge in [0.2, 0.25) is 0 Å². The molecule has 0 saturated heterocycles. The van der Waals surface area contributed by atoms with Crippen LogP contribution < -0.4 is 10.6 Å². The van der Waals surface area contributed by atoms with Crippen molar-refractivity contribution in [2.45, 2.75) is 13.5 Å². The molecule has 0 spiro atoms. The fourth-order valence-electron chi connectivity index (χ4n) is 0.778. The van der Waals surface area contributed by atoms with Gasteiger partial charge in [-0.05, 0) is 12.1 Å². The Hall–Kier alpha value is -0.780. The van der Waals surface area contributed by atoms with Crippen LogP contribution in [0.15, 0.2) is 4.52 Å². The standard InChI is InChI=1S/C6H10N2O3.ClH/c1-4-5(3-10-7)6(9-2)8-11-4;/h3,7H2,1-2H3;1H. The lowest BCUT2D eigenvalue weighted by Gasteiger charge is -1.97. The first-order valence-electron chi connectivity index (χ1n) is 3.10. The maximum atomic E-state index is 4.89. The summed E-state index contributed by atoms with van der Waals surface area (Å²) in [7, 11) is 1.51. The maximum absolute atomic E-state index is 4.89. The van der Waals surface area contributed by atoms with Crippen molar-refractivity contribution in [1.29, 1.82) is 0 Å². The van der Waals surface area contributed by atoms with E-state index in [0.717, 1.165) is 5.56 Å². The van der Waals surface area contributed by atoms with Gasteiger partial charge in [0.1, 0.15) is 12.4 Å². The monoisotopic (exact) mass is 194 g/mol. The Morgan fingerprint density at radius 3 is 2.75 bits per heavy atom. The van der Waals surface area contributed by atoms with Gasteiger partial charge < -0.3 is 9.26 Å². The third-order valence-electron chi connectivity index (χ3n) is 1.37. The molecule has 0 amide bonds. The predicted molar refractivity (Wildman–Crippen MR) is 44.0 cm³/mol. The SMILES string of the molecule is COc1noc(C)c1CON.Cl. The van der Waals surface area contributed by atoms with Gasteiger partial charge >= 0.3 is 0 Å². The summed E-state index contributed by atoms with van der Waals surface area (Å²) in [6.45, 7) is 2.02. The van der Waals surface area contributed by atoms with Crippen LogP contribution in [0.5, 0.6) is 5.88 Å². The van der Waals surface area contributed by atoms with Crippen molar-refractivity contribution >= 4 is 12.4 Å². The summed E-state index contributed by atoms with van der Waals surface area (Å²) in [4.78, 5) is 4.43. The number of ether oxygens (including phenoxy) is 1. The molecular formula is C6H11ClN2O3. The first-order valence-corrected chi connectivity index (χ1v) is 3.10. The van der Waals surface area contributed by atoms with Gasteiger partial charge in [-0.1, -0.05) is 0 Å². The van der Waals surface area contributed by atoms with Crippen molar-refractivity contribution in [2.24, 2.45) is 5.90 Å². The van der Waals surface area contributed by atoms with Gasteiger partial charge in [-0.15, -0.1) is 12.4 Å². The van der Waals surface area contributed by atoms with Crippen molar-refractivity contribution in [1.82, 2.24) is 5.16 Å². The summed E-state index contributed by atoms with van der Waals surface area (Å²) in [5.74, 6) is 5.97. The van der Waals surface area contributed by atoms with Crippen LogP contribution in [0, 0.1) is 6.92 Å². The Bertz CT molecular complexity index is 239. The number of halogens is 1.